The fourth-order valence-electron chi connectivity index (χ4n) is 3.21. The van der Waals surface area contributed by atoms with Crippen LogP contribution >= 0.6 is 15.9 Å². The van der Waals surface area contributed by atoms with Gasteiger partial charge in [-0.15, -0.1) is 0 Å². The van der Waals surface area contributed by atoms with Gasteiger partial charge in [0.25, 0.3) is 5.91 Å². The molecule has 1 aromatic heterocycles. The van der Waals surface area contributed by atoms with Gasteiger partial charge in [0.2, 0.25) is 0 Å². The molecule has 2 fully saturated rings. The number of pyridine rings is 1. The summed E-state index contributed by atoms with van der Waals surface area (Å²) in [4.78, 5) is 17.7. The number of amides is 1. The van der Waals surface area contributed by atoms with E-state index in [-0.39, 0.29) is 5.91 Å². The maximum atomic E-state index is 12.9. The maximum Gasteiger partial charge on any atom is 0.252 e. The van der Waals surface area contributed by atoms with Crippen molar-refractivity contribution in [2.24, 2.45) is 5.92 Å². The van der Waals surface area contributed by atoms with E-state index in [0.29, 0.717) is 11.8 Å². The van der Waals surface area contributed by atoms with E-state index in [1.807, 2.05) is 25.1 Å². The number of rotatable bonds is 4. The van der Waals surface area contributed by atoms with Gasteiger partial charge in [-0.3, -0.25) is 9.78 Å². The van der Waals surface area contributed by atoms with Crippen LogP contribution in [-0.4, -0.2) is 30.5 Å². The first-order chi connectivity index (χ1) is 11.1. The van der Waals surface area contributed by atoms with E-state index >= 15 is 0 Å². The molecule has 1 aliphatic carbocycles. The number of carbonyl (C=O) groups excluding carboxylic acids is 1. The minimum atomic E-state index is 0.0294. The minimum Gasteiger partial charge on any atom is -0.352 e. The average molecular weight is 374 g/mol. The van der Waals surface area contributed by atoms with Crippen LogP contribution < -0.4 is 10.6 Å². The zero-order valence-corrected chi connectivity index (χ0v) is 14.7. The van der Waals surface area contributed by atoms with Crippen LogP contribution in [0.1, 0.15) is 40.4 Å². The first-order valence-electron chi connectivity index (χ1n) is 8.22. The average Bonchev–Trinajstić information content (AvgIpc) is 3.29. The molecule has 120 valence electrons. The SMILES string of the molecule is Cc1c(C2CC2)nc2ccc(Br)cc2c1C(=O)NCC1CNC1. The molecule has 1 aliphatic heterocycles. The lowest BCUT2D eigenvalue weighted by atomic mass is 9.98. The highest BCUT2D eigenvalue weighted by Gasteiger charge is 2.30. The quantitative estimate of drug-likeness (QED) is 0.865. The summed E-state index contributed by atoms with van der Waals surface area (Å²) < 4.78 is 0.975. The van der Waals surface area contributed by atoms with Crippen molar-refractivity contribution in [3.8, 4) is 0 Å². The molecule has 0 unspecified atom stereocenters. The van der Waals surface area contributed by atoms with Crippen molar-refractivity contribution in [3.05, 3.63) is 39.5 Å². The molecule has 23 heavy (non-hydrogen) atoms. The van der Waals surface area contributed by atoms with Gasteiger partial charge in [-0.05, 0) is 43.5 Å². The predicted molar refractivity (Wildman–Crippen MR) is 94.8 cm³/mol. The Morgan fingerprint density at radius 1 is 1.39 bits per heavy atom. The number of fused-ring (bicyclic) bond motifs is 1. The Hall–Kier alpha value is -1.46. The second-order valence-corrected chi connectivity index (χ2v) is 7.58. The van der Waals surface area contributed by atoms with E-state index in [1.54, 1.807) is 0 Å². The molecule has 2 N–H and O–H groups in total. The molecule has 4 nitrogen and oxygen atoms in total. The predicted octanol–water partition coefficient (Wildman–Crippen LogP) is 3.13. The summed E-state index contributed by atoms with van der Waals surface area (Å²) in [6, 6.07) is 5.99. The summed E-state index contributed by atoms with van der Waals surface area (Å²) in [5.41, 5.74) is 3.86. The molecule has 4 rings (SSSR count). The number of nitrogens with one attached hydrogen (secondary N) is 2. The highest BCUT2D eigenvalue weighted by molar-refractivity contribution is 9.10. The molecule has 1 saturated carbocycles. The monoisotopic (exact) mass is 373 g/mol. The van der Waals surface area contributed by atoms with Crippen molar-refractivity contribution in [2.45, 2.75) is 25.7 Å². The third-order valence-corrected chi connectivity index (χ3v) is 5.33. The third kappa shape index (κ3) is 2.88. The Labute approximate surface area is 144 Å². The molecular formula is C18H20BrN3O. The molecule has 2 aliphatic rings. The van der Waals surface area contributed by atoms with Gasteiger partial charge in [0, 0.05) is 47.0 Å². The maximum absolute atomic E-state index is 12.9. The first-order valence-corrected chi connectivity index (χ1v) is 9.01. The Bertz CT molecular complexity index is 781. The van der Waals surface area contributed by atoms with E-state index in [9.17, 15) is 4.79 Å². The molecular weight excluding hydrogens is 354 g/mol. The van der Waals surface area contributed by atoms with Crippen LogP contribution in [0.4, 0.5) is 0 Å². The van der Waals surface area contributed by atoms with Crippen molar-refractivity contribution in [1.29, 1.82) is 0 Å². The highest BCUT2D eigenvalue weighted by Crippen LogP contribution is 2.42. The molecule has 1 saturated heterocycles. The molecule has 1 aromatic carbocycles. The van der Waals surface area contributed by atoms with Crippen molar-refractivity contribution < 1.29 is 4.79 Å². The molecule has 0 radical (unpaired) electrons. The first kappa shape index (κ1) is 15.1. The van der Waals surface area contributed by atoms with Crippen LogP contribution in [0.25, 0.3) is 10.9 Å². The number of nitrogens with zero attached hydrogens (tertiary/aromatic N) is 1. The zero-order chi connectivity index (χ0) is 16.0. The third-order valence-electron chi connectivity index (χ3n) is 4.84. The van der Waals surface area contributed by atoms with Crippen molar-refractivity contribution in [2.75, 3.05) is 19.6 Å². The topological polar surface area (TPSA) is 54.0 Å². The van der Waals surface area contributed by atoms with Gasteiger partial charge in [0.05, 0.1) is 11.1 Å². The molecule has 0 spiro atoms. The van der Waals surface area contributed by atoms with Crippen molar-refractivity contribution >= 4 is 32.7 Å². The van der Waals surface area contributed by atoms with Crippen molar-refractivity contribution in [1.82, 2.24) is 15.6 Å². The Kier molecular flexibility index (Phi) is 3.85. The number of hydrogen-bond acceptors (Lipinski definition) is 3. The molecule has 0 bridgehead atoms. The molecule has 2 heterocycles. The van der Waals surface area contributed by atoms with E-state index in [4.69, 9.17) is 4.98 Å². The molecule has 0 atom stereocenters. The van der Waals surface area contributed by atoms with E-state index in [2.05, 4.69) is 26.6 Å². The molecule has 2 aromatic rings. The van der Waals surface area contributed by atoms with E-state index in [0.717, 1.165) is 51.8 Å². The summed E-state index contributed by atoms with van der Waals surface area (Å²) in [5.74, 6) is 1.12. The smallest absolute Gasteiger partial charge is 0.252 e. The van der Waals surface area contributed by atoms with Gasteiger partial charge >= 0.3 is 0 Å². The second-order valence-electron chi connectivity index (χ2n) is 6.67. The second kappa shape index (κ2) is 5.87. The lowest BCUT2D eigenvalue weighted by molar-refractivity contribution is 0.0943. The number of hydrogen-bond donors (Lipinski definition) is 2. The number of benzene rings is 1. The van der Waals surface area contributed by atoms with Gasteiger partial charge in [-0.2, -0.15) is 0 Å². The van der Waals surface area contributed by atoms with Gasteiger partial charge in [-0.1, -0.05) is 15.9 Å². The molecule has 5 heteroatoms. The lowest BCUT2D eigenvalue weighted by Crippen LogP contribution is -2.48. The van der Waals surface area contributed by atoms with Gasteiger partial charge in [0.1, 0.15) is 0 Å². The number of carbonyl (C=O) groups is 1. The van der Waals surface area contributed by atoms with Crippen molar-refractivity contribution in [3.63, 3.8) is 0 Å². The van der Waals surface area contributed by atoms with Crippen LogP contribution in [0, 0.1) is 12.8 Å². The van der Waals surface area contributed by atoms with Crippen LogP contribution in [0.5, 0.6) is 0 Å². The summed E-state index contributed by atoms with van der Waals surface area (Å²) in [6.07, 6.45) is 2.37. The standard InChI is InChI=1S/C18H20BrN3O/c1-10-16(18(23)21-9-11-7-20-8-11)14-6-13(19)4-5-15(14)22-17(10)12-2-3-12/h4-6,11-12,20H,2-3,7-9H2,1H3,(H,21,23). The number of halogens is 1. The summed E-state index contributed by atoms with van der Waals surface area (Å²) >= 11 is 3.51. The zero-order valence-electron chi connectivity index (χ0n) is 13.2. The minimum absolute atomic E-state index is 0.0294. The van der Waals surface area contributed by atoms with Gasteiger partial charge in [-0.25, -0.2) is 0 Å². The fourth-order valence-corrected chi connectivity index (χ4v) is 3.58. The Balaban J connectivity index is 1.76. The van der Waals surface area contributed by atoms with Gasteiger partial charge in [0.15, 0.2) is 0 Å². The normalized spacial score (nSPS) is 18.0. The lowest BCUT2D eigenvalue weighted by Gasteiger charge is -2.27. The Morgan fingerprint density at radius 2 is 2.17 bits per heavy atom. The Morgan fingerprint density at radius 3 is 2.83 bits per heavy atom. The van der Waals surface area contributed by atoms with E-state index < -0.39 is 0 Å². The largest absolute Gasteiger partial charge is 0.352 e. The van der Waals surface area contributed by atoms with Crippen LogP contribution in [0.3, 0.4) is 0 Å². The highest BCUT2D eigenvalue weighted by atomic mass is 79.9. The van der Waals surface area contributed by atoms with Gasteiger partial charge < -0.3 is 10.6 Å². The summed E-state index contributed by atoms with van der Waals surface area (Å²) in [6.45, 7) is 4.77. The summed E-state index contributed by atoms with van der Waals surface area (Å²) in [5, 5.41) is 7.29. The fraction of sp³-hybridized carbons (Fsp3) is 0.444. The van der Waals surface area contributed by atoms with Crippen LogP contribution in [-0.2, 0) is 0 Å². The molecule has 1 amide bonds. The number of aromatic nitrogens is 1. The van der Waals surface area contributed by atoms with Crippen LogP contribution in [0.2, 0.25) is 0 Å². The summed E-state index contributed by atoms with van der Waals surface area (Å²) in [7, 11) is 0. The van der Waals surface area contributed by atoms with E-state index in [1.165, 1.54) is 12.8 Å². The van der Waals surface area contributed by atoms with Crippen LogP contribution in [0.15, 0.2) is 22.7 Å².